The van der Waals surface area contributed by atoms with Gasteiger partial charge in [-0.25, -0.2) is 8.42 Å². The van der Waals surface area contributed by atoms with E-state index >= 15 is 0 Å². The molecule has 88 valence electrons. The van der Waals surface area contributed by atoms with Crippen LogP contribution in [-0.2, 0) is 16.4 Å². The van der Waals surface area contributed by atoms with E-state index in [1.165, 1.54) is 6.26 Å². The van der Waals surface area contributed by atoms with Crippen molar-refractivity contribution in [2.45, 2.75) is 24.4 Å². The minimum Gasteiger partial charge on any atom is -0.307 e. The van der Waals surface area contributed by atoms with Gasteiger partial charge in [0.1, 0.15) is 0 Å². The SMILES string of the molecule is C=CC(C)NCc1ccc(S(C)(=O)=O)cc1. The average molecular weight is 239 g/mol. The van der Waals surface area contributed by atoms with E-state index in [1.807, 2.05) is 25.1 Å². The highest BCUT2D eigenvalue weighted by atomic mass is 32.2. The van der Waals surface area contributed by atoms with Crippen LogP contribution in [0, 0.1) is 0 Å². The van der Waals surface area contributed by atoms with Gasteiger partial charge < -0.3 is 5.32 Å². The molecule has 3 nitrogen and oxygen atoms in total. The zero-order valence-electron chi connectivity index (χ0n) is 9.60. The number of rotatable bonds is 5. The van der Waals surface area contributed by atoms with Crippen LogP contribution in [-0.4, -0.2) is 20.7 Å². The van der Waals surface area contributed by atoms with Crippen molar-refractivity contribution in [1.82, 2.24) is 5.32 Å². The summed E-state index contributed by atoms with van der Waals surface area (Å²) in [6.45, 7) is 6.39. The van der Waals surface area contributed by atoms with Crippen LogP contribution in [0.2, 0.25) is 0 Å². The van der Waals surface area contributed by atoms with Crippen LogP contribution in [0.3, 0.4) is 0 Å². The fourth-order valence-electron chi connectivity index (χ4n) is 1.22. The molecule has 1 atom stereocenters. The van der Waals surface area contributed by atoms with Gasteiger partial charge in [-0.15, -0.1) is 6.58 Å². The Morgan fingerprint density at radius 2 is 1.94 bits per heavy atom. The first kappa shape index (κ1) is 12.9. The predicted molar refractivity (Wildman–Crippen MR) is 66.1 cm³/mol. The van der Waals surface area contributed by atoms with Gasteiger partial charge in [0.05, 0.1) is 4.90 Å². The Labute approximate surface area is 97.1 Å². The van der Waals surface area contributed by atoms with Crippen LogP contribution >= 0.6 is 0 Å². The summed E-state index contributed by atoms with van der Waals surface area (Å²) in [5.74, 6) is 0. The maximum absolute atomic E-state index is 11.2. The highest BCUT2D eigenvalue weighted by Crippen LogP contribution is 2.10. The normalized spacial score (nSPS) is 13.4. The Hall–Kier alpha value is -1.13. The minimum absolute atomic E-state index is 0.245. The molecule has 0 saturated heterocycles. The van der Waals surface area contributed by atoms with Crippen LogP contribution in [0.1, 0.15) is 12.5 Å². The third-order valence-electron chi connectivity index (χ3n) is 2.33. The van der Waals surface area contributed by atoms with Crippen molar-refractivity contribution in [3.05, 3.63) is 42.5 Å². The lowest BCUT2D eigenvalue weighted by molar-refractivity contribution is 0.601. The molecule has 0 aliphatic carbocycles. The van der Waals surface area contributed by atoms with Gasteiger partial charge in [0.2, 0.25) is 0 Å². The Balaban J connectivity index is 2.69. The summed E-state index contributed by atoms with van der Waals surface area (Å²) in [7, 11) is -3.09. The van der Waals surface area contributed by atoms with Gasteiger partial charge in [-0.05, 0) is 24.6 Å². The Morgan fingerprint density at radius 3 is 2.38 bits per heavy atom. The quantitative estimate of drug-likeness (QED) is 0.796. The number of hydrogen-bond donors (Lipinski definition) is 1. The van der Waals surface area contributed by atoms with Gasteiger partial charge >= 0.3 is 0 Å². The molecule has 1 N–H and O–H groups in total. The number of hydrogen-bond acceptors (Lipinski definition) is 3. The summed E-state index contributed by atoms with van der Waals surface area (Å²) in [4.78, 5) is 0.355. The Kier molecular flexibility index (Phi) is 4.26. The van der Waals surface area contributed by atoms with E-state index in [-0.39, 0.29) is 6.04 Å². The fourth-order valence-corrected chi connectivity index (χ4v) is 1.85. The fraction of sp³-hybridized carbons (Fsp3) is 0.333. The van der Waals surface area contributed by atoms with Crippen molar-refractivity contribution in [2.75, 3.05) is 6.26 Å². The average Bonchev–Trinajstić information content (AvgIpc) is 2.25. The van der Waals surface area contributed by atoms with E-state index in [9.17, 15) is 8.42 Å². The molecule has 0 radical (unpaired) electrons. The molecule has 0 aromatic heterocycles. The number of sulfone groups is 1. The van der Waals surface area contributed by atoms with E-state index in [2.05, 4.69) is 11.9 Å². The second kappa shape index (κ2) is 5.27. The van der Waals surface area contributed by atoms with Crippen molar-refractivity contribution in [1.29, 1.82) is 0 Å². The maximum Gasteiger partial charge on any atom is 0.175 e. The summed E-state index contributed by atoms with van der Waals surface area (Å²) < 4.78 is 22.5. The molecule has 0 aliphatic heterocycles. The molecular formula is C12H17NO2S. The third kappa shape index (κ3) is 3.79. The summed E-state index contributed by atoms with van der Waals surface area (Å²) in [5, 5.41) is 3.24. The smallest absolute Gasteiger partial charge is 0.175 e. The molecule has 0 heterocycles. The van der Waals surface area contributed by atoms with Crippen molar-refractivity contribution in [3.63, 3.8) is 0 Å². The molecule has 1 unspecified atom stereocenters. The summed E-state index contributed by atoms with van der Waals surface area (Å²) in [6.07, 6.45) is 3.03. The number of benzene rings is 1. The van der Waals surface area contributed by atoms with Gasteiger partial charge in [0.25, 0.3) is 0 Å². The van der Waals surface area contributed by atoms with Crippen LogP contribution < -0.4 is 5.32 Å². The van der Waals surface area contributed by atoms with E-state index in [0.29, 0.717) is 11.4 Å². The largest absolute Gasteiger partial charge is 0.307 e. The molecule has 0 aliphatic rings. The van der Waals surface area contributed by atoms with Gasteiger partial charge in [-0.3, -0.25) is 0 Å². The first-order chi connectivity index (χ1) is 7.43. The summed E-state index contributed by atoms with van der Waals surface area (Å²) >= 11 is 0. The third-order valence-corrected chi connectivity index (χ3v) is 3.46. The minimum atomic E-state index is -3.09. The highest BCUT2D eigenvalue weighted by molar-refractivity contribution is 7.90. The summed E-state index contributed by atoms with van der Waals surface area (Å²) in [5.41, 5.74) is 1.06. The predicted octanol–water partition coefficient (Wildman–Crippen LogP) is 1.75. The lowest BCUT2D eigenvalue weighted by Gasteiger charge is -2.09. The molecule has 16 heavy (non-hydrogen) atoms. The summed E-state index contributed by atoms with van der Waals surface area (Å²) in [6, 6.07) is 7.14. The molecule has 1 aromatic rings. The van der Waals surface area contributed by atoms with E-state index in [1.54, 1.807) is 12.1 Å². The Bertz CT molecular complexity index is 448. The first-order valence-electron chi connectivity index (χ1n) is 5.08. The van der Waals surface area contributed by atoms with Crippen LogP contribution in [0.5, 0.6) is 0 Å². The monoisotopic (exact) mass is 239 g/mol. The second-order valence-electron chi connectivity index (χ2n) is 3.82. The van der Waals surface area contributed by atoms with E-state index in [0.717, 1.165) is 5.56 Å². The van der Waals surface area contributed by atoms with E-state index < -0.39 is 9.84 Å². The van der Waals surface area contributed by atoms with Gasteiger partial charge in [-0.2, -0.15) is 0 Å². The zero-order valence-corrected chi connectivity index (χ0v) is 10.4. The number of nitrogens with one attached hydrogen (secondary N) is 1. The van der Waals surface area contributed by atoms with Crippen molar-refractivity contribution < 1.29 is 8.42 Å². The molecule has 4 heteroatoms. The molecule has 1 aromatic carbocycles. The topological polar surface area (TPSA) is 46.2 Å². The van der Waals surface area contributed by atoms with Crippen LogP contribution in [0.4, 0.5) is 0 Å². The highest BCUT2D eigenvalue weighted by Gasteiger charge is 2.05. The second-order valence-corrected chi connectivity index (χ2v) is 5.84. The lowest BCUT2D eigenvalue weighted by atomic mass is 10.2. The van der Waals surface area contributed by atoms with Crippen LogP contribution in [0.25, 0.3) is 0 Å². The molecule has 1 rings (SSSR count). The standard InChI is InChI=1S/C12H17NO2S/c1-4-10(2)13-9-11-5-7-12(8-6-11)16(3,14)15/h4-8,10,13H,1,9H2,2-3H3. The maximum atomic E-state index is 11.2. The van der Waals surface area contributed by atoms with Crippen molar-refractivity contribution in [2.24, 2.45) is 0 Å². The molecule has 0 spiro atoms. The molecular weight excluding hydrogens is 222 g/mol. The lowest BCUT2D eigenvalue weighted by Crippen LogP contribution is -2.22. The van der Waals surface area contributed by atoms with Gasteiger partial charge in [0, 0.05) is 18.8 Å². The molecule has 0 fully saturated rings. The van der Waals surface area contributed by atoms with Crippen molar-refractivity contribution >= 4 is 9.84 Å². The zero-order chi connectivity index (χ0) is 12.2. The van der Waals surface area contributed by atoms with Gasteiger partial charge in [0.15, 0.2) is 9.84 Å². The van der Waals surface area contributed by atoms with E-state index in [4.69, 9.17) is 0 Å². The molecule has 0 saturated carbocycles. The van der Waals surface area contributed by atoms with Crippen LogP contribution in [0.15, 0.2) is 41.8 Å². The van der Waals surface area contributed by atoms with Crippen molar-refractivity contribution in [3.8, 4) is 0 Å². The van der Waals surface area contributed by atoms with Gasteiger partial charge in [-0.1, -0.05) is 18.2 Å². The molecule has 0 bridgehead atoms. The molecule has 0 amide bonds. The Morgan fingerprint density at radius 1 is 1.38 bits per heavy atom. The first-order valence-corrected chi connectivity index (χ1v) is 6.97.